The third-order valence-corrected chi connectivity index (χ3v) is 6.41. The zero-order chi connectivity index (χ0) is 15.1. The number of carbonyl (C=O) groups is 1. The Hall–Kier alpha value is -1.51. The summed E-state index contributed by atoms with van der Waals surface area (Å²) in [7, 11) is 0. The van der Waals surface area contributed by atoms with Gasteiger partial charge in [-0.3, -0.25) is 0 Å². The normalized spacial score (nSPS) is 11.2. The second-order valence-electron chi connectivity index (χ2n) is 4.44. The first-order valence-corrected chi connectivity index (χ1v) is 8.51. The van der Waals surface area contributed by atoms with Crippen LogP contribution in [0, 0.1) is 20.8 Å². The number of carboxylic acid groups (broad SMARTS) is 1. The van der Waals surface area contributed by atoms with Crippen molar-refractivity contribution in [2.45, 2.75) is 30.1 Å². The fourth-order valence-corrected chi connectivity index (χ4v) is 5.08. The van der Waals surface area contributed by atoms with E-state index in [4.69, 9.17) is 5.11 Å². The molecule has 0 aliphatic rings. The molecule has 1 N–H and O–H groups in total. The highest BCUT2D eigenvalue weighted by atomic mass is 32.2. The Kier molecular flexibility index (Phi) is 3.68. The number of aromatic carboxylic acids is 1. The second-order valence-corrected chi connectivity index (χ2v) is 7.88. The number of aromatic nitrogens is 3. The fraction of sp³-hybridized carbons (Fsp3) is 0.231. The molecule has 0 aliphatic heterocycles. The summed E-state index contributed by atoms with van der Waals surface area (Å²) >= 11 is 4.22. The Morgan fingerprint density at radius 1 is 1.24 bits per heavy atom. The minimum absolute atomic E-state index is 0.279. The van der Waals surface area contributed by atoms with E-state index >= 15 is 0 Å². The summed E-state index contributed by atoms with van der Waals surface area (Å²) in [6.45, 7) is 5.82. The lowest BCUT2D eigenvalue weighted by atomic mass is 10.2. The number of aryl methyl sites for hydroxylation is 3. The number of hydrogen-bond acceptors (Lipinski definition) is 7. The summed E-state index contributed by atoms with van der Waals surface area (Å²) in [6.07, 6.45) is 1.54. The van der Waals surface area contributed by atoms with Gasteiger partial charge in [-0.15, -0.1) is 11.3 Å². The Bertz CT molecular complexity index is 854. The van der Waals surface area contributed by atoms with E-state index in [-0.39, 0.29) is 4.88 Å². The molecule has 5 nitrogen and oxygen atoms in total. The van der Waals surface area contributed by atoms with Crippen LogP contribution < -0.4 is 0 Å². The molecule has 8 heteroatoms. The van der Waals surface area contributed by atoms with E-state index in [2.05, 4.69) is 28.8 Å². The van der Waals surface area contributed by atoms with Gasteiger partial charge in [0.05, 0.1) is 5.69 Å². The van der Waals surface area contributed by atoms with Gasteiger partial charge in [0.25, 0.3) is 0 Å². The first-order valence-electron chi connectivity index (χ1n) is 6.06. The SMILES string of the molecule is Cc1nc(Sc2ncnc3sc(C)c(C)c23)sc1C(=O)O. The van der Waals surface area contributed by atoms with Gasteiger partial charge < -0.3 is 5.11 Å². The average molecular weight is 337 g/mol. The summed E-state index contributed by atoms with van der Waals surface area (Å²) < 4.78 is 0.688. The van der Waals surface area contributed by atoms with Crippen molar-refractivity contribution in [3.63, 3.8) is 0 Å². The highest BCUT2D eigenvalue weighted by molar-refractivity contribution is 8.01. The summed E-state index contributed by atoms with van der Waals surface area (Å²) in [4.78, 5) is 26.5. The number of rotatable bonds is 3. The van der Waals surface area contributed by atoms with Gasteiger partial charge in [-0.1, -0.05) is 11.3 Å². The lowest BCUT2D eigenvalue weighted by molar-refractivity contribution is 0.0701. The van der Waals surface area contributed by atoms with Gasteiger partial charge >= 0.3 is 5.97 Å². The smallest absolute Gasteiger partial charge is 0.347 e. The molecule has 21 heavy (non-hydrogen) atoms. The topological polar surface area (TPSA) is 76.0 Å². The van der Waals surface area contributed by atoms with Crippen molar-refractivity contribution in [2.24, 2.45) is 0 Å². The van der Waals surface area contributed by atoms with Crippen LogP contribution in [0.1, 0.15) is 25.8 Å². The van der Waals surface area contributed by atoms with Gasteiger partial charge in [0, 0.05) is 10.3 Å². The van der Waals surface area contributed by atoms with Crippen LogP contribution in [0.15, 0.2) is 15.7 Å². The number of carboxylic acids is 1. The van der Waals surface area contributed by atoms with Crippen molar-refractivity contribution in [1.82, 2.24) is 15.0 Å². The quantitative estimate of drug-likeness (QED) is 0.730. The van der Waals surface area contributed by atoms with Crippen LogP contribution in [0.3, 0.4) is 0 Å². The molecule has 0 spiro atoms. The number of thiazole rings is 1. The van der Waals surface area contributed by atoms with Crippen LogP contribution in [-0.2, 0) is 0 Å². The van der Waals surface area contributed by atoms with Crippen LogP contribution >= 0.6 is 34.4 Å². The molecule has 0 saturated carbocycles. The number of nitrogens with zero attached hydrogens (tertiary/aromatic N) is 3. The van der Waals surface area contributed by atoms with Gasteiger partial charge in [-0.25, -0.2) is 19.7 Å². The van der Waals surface area contributed by atoms with Gasteiger partial charge in [-0.05, 0) is 38.1 Å². The van der Waals surface area contributed by atoms with Crippen molar-refractivity contribution in [3.8, 4) is 0 Å². The van der Waals surface area contributed by atoms with Crippen LogP contribution in [0.5, 0.6) is 0 Å². The summed E-state index contributed by atoms with van der Waals surface area (Å²) in [6, 6.07) is 0. The third kappa shape index (κ3) is 2.54. The van der Waals surface area contributed by atoms with E-state index in [1.807, 2.05) is 0 Å². The van der Waals surface area contributed by atoms with Gasteiger partial charge in [-0.2, -0.15) is 0 Å². The summed E-state index contributed by atoms with van der Waals surface area (Å²) in [5, 5.41) is 11.0. The minimum Gasteiger partial charge on any atom is -0.477 e. The van der Waals surface area contributed by atoms with E-state index < -0.39 is 5.97 Å². The lowest BCUT2D eigenvalue weighted by Gasteiger charge is -2.00. The van der Waals surface area contributed by atoms with Gasteiger partial charge in [0.1, 0.15) is 21.1 Å². The number of thiophene rings is 1. The molecule has 0 radical (unpaired) electrons. The fourth-order valence-electron chi connectivity index (χ4n) is 1.92. The number of hydrogen-bond donors (Lipinski definition) is 1. The van der Waals surface area contributed by atoms with E-state index in [0.29, 0.717) is 10.0 Å². The average Bonchev–Trinajstić information content (AvgIpc) is 2.92. The maximum Gasteiger partial charge on any atom is 0.347 e. The van der Waals surface area contributed by atoms with E-state index in [1.54, 1.807) is 24.6 Å². The molecule has 0 fully saturated rings. The largest absolute Gasteiger partial charge is 0.477 e. The summed E-state index contributed by atoms with van der Waals surface area (Å²) in [5.41, 5.74) is 1.71. The van der Waals surface area contributed by atoms with E-state index in [0.717, 1.165) is 15.2 Å². The molecular formula is C13H11N3O2S3. The molecular weight excluding hydrogens is 326 g/mol. The molecule has 0 aromatic carbocycles. The second kappa shape index (κ2) is 5.36. The van der Waals surface area contributed by atoms with Crippen molar-refractivity contribution in [1.29, 1.82) is 0 Å². The molecule has 0 unspecified atom stereocenters. The highest BCUT2D eigenvalue weighted by Crippen LogP contribution is 2.39. The maximum absolute atomic E-state index is 11.1. The van der Waals surface area contributed by atoms with E-state index in [1.165, 1.54) is 33.5 Å². The van der Waals surface area contributed by atoms with Crippen molar-refractivity contribution in [3.05, 3.63) is 27.3 Å². The first-order chi connectivity index (χ1) is 9.97. The Morgan fingerprint density at radius 3 is 2.67 bits per heavy atom. The Morgan fingerprint density at radius 2 is 2.00 bits per heavy atom. The predicted molar refractivity (Wildman–Crippen MR) is 84.8 cm³/mol. The van der Waals surface area contributed by atoms with Gasteiger partial charge in [0.15, 0.2) is 4.34 Å². The Balaban J connectivity index is 2.06. The van der Waals surface area contributed by atoms with Crippen molar-refractivity contribution in [2.75, 3.05) is 0 Å². The van der Waals surface area contributed by atoms with E-state index in [9.17, 15) is 4.79 Å². The first kappa shape index (κ1) is 14.4. The van der Waals surface area contributed by atoms with Crippen LogP contribution in [-0.4, -0.2) is 26.0 Å². The zero-order valence-corrected chi connectivity index (χ0v) is 13.9. The zero-order valence-electron chi connectivity index (χ0n) is 11.5. The Labute approximate surface area is 133 Å². The molecule has 0 amide bonds. The molecule has 0 atom stereocenters. The summed E-state index contributed by atoms with van der Waals surface area (Å²) in [5.74, 6) is -0.938. The van der Waals surface area contributed by atoms with Gasteiger partial charge in [0.2, 0.25) is 0 Å². The molecule has 108 valence electrons. The standard InChI is InChI=1S/C13H11N3O2S3/c1-5-7(3)19-10-8(5)11(15-4-14-10)21-13-16-6(2)9(20-13)12(17)18/h4H,1-3H3,(H,17,18). The van der Waals surface area contributed by atoms with Crippen molar-refractivity contribution < 1.29 is 9.90 Å². The lowest BCUT2D eigenvalue weighted by Crippen LogP contribution is -1.94. The van der Waals surface area contributed by atoms with Crippen LogP contribution in [0.4, 0.5) is 0 Å². The molecule has 3 heterocycles. The third-order valence-electron chi connectivity index (χ3n) is 3.09. The molecule has 3 aromatic rings. The highest BCUT2D eigenvalue weighted by Gasteiger charge is 2.18. The molecule has 0 bridgehead atoms. The molecule has 3 aromatic heterocycles. The monoisotopic (exact) mass is 337 g/mol. The minimum atomic E-state index is -0.938. The number of fused-ring (bicyclic) bond motifs is 1. The predicted octanol–water partition coefficient (Wildman–Crippen LogP) is 3.92. The molecule has 3 rings (SSSR count). The molecule has 0 aliphatic carbocycles. The van der Waals surface area contributed by atoms with Crippen LogP contribution in [0.25, 0.3) is 10.2 Å². The maximum atomic E-state index is 11.1. The van der Waals surface area contributed by atoms with Crippen molar-refractivity contribution >= 4 is 50.6 Å². The van der Waals surface area contributed by atoms with Crippen LogP contribution in [0.2, 0.25) is 0 Å². The molecule has 0 saturated heterocycles.